The smallest absolute Gasteiger partial charge is 0.170 e. The van der Waals surface area contributed by atoms with Crippen molar-refractivity contribution in [3.63, 3.8) is 0 Å². The molecule has 0 aliphatic rings. The van der Waals surface area contributed by atoms with Gasteiger partial charge in [-0.2, -0.15) is 0 Å². The third kappa shape index (κ3) is 2.43. The zero-order valence-corrected chi connectivity index (χ0v) is 10.0. The monoisotopic (exact) mass is 251 g/mol. The summed E-state index contributed by atoms with van der Waals surface area (Å²) in [7, 11) is 0. The largest absolute Gasteiger partial charge is 0.398 e. The lowest BCUT2D eigenvalue weighted by atomic mass is 10.1. The maximum atomic E-state index is 11.9. The summed E-state index contributed by atoms with van der Waals surface area (Å²) in [6, 6.07) is 10.8. The van der Waals surface area contributed by atoms with Crippen molar-refractivity contribution in [2.45, 2.75) is 6.42 Å². The number of benzene rings is 1. The van der Waals surface area contributed by atoms with E-state index in [9.17, 15) is 4.79 Å². The molecule has 4 heteroatoms. The predicted molar refractivity (Wildman–Crippen MR) is 68.2 cm³/mol. The third-order valence-corrected chi connectivity index (χ3v) is 3.46. The molecule has 82 valence electrons. The third-order valence-electron chi connectivity index (χ3n) is 2.22. The number of Topliss-reactive ketones (excluding diaryl/α,β-unsaturated/α-hetero) is 1. The van der Waals surface area contributed by atoms with Crippen LogP contribution in [0.3, 0.4) is 0 Å². The first-order chi connectivity index (χ1) is 7.66. The van der Waals surface area contributed by atoms with Crippen LogP contribution in [0, 0.1) is 0 Å². The number of hydrogen-bond donors (Lipinski definition) is 1. The van der Waals surface area contributed by atoms with Crippen molar-refractivity contribution in [3.8, 4) is 0 Å². The fourth-order valence-corrected chi connectivity index (χ4v) is 2.54. The maximum absolute atomic E-state index is 11.9. The predicted octanol–water partition coefficient (Wildman–Crippen LogP) is 3.41. The Bertz CT molecular complexity index is 521. The van der Waals surface area contributed by atoms with Crippen LogP contribution in [-0.2, 0) is 6.42 Å². The second-order valence-electron chi connectivity index (χ2n) is 3.39. The highest BCUT2D eigenvalue weighted by molar-refractivity contribution is 7.16. The second-order valence-corrected chi connectivity index (χ2v) is 5.19. The Kier molecular flexibility index (Phi) is 3.27. The quantitative estimate of drug-likeness (QED) is 0.671. The molecule has 0 aliphatic heterocycles. The van der Waals surface area contributed by atoms with Crippen LogP contribution in [0.5, 0.6) is 0 Å². The lowest BCUT2D eigenvalue weighted by Gasteiger charge is -2.02. The number of halogens is 1. The van der Waals surface area contributed by atoms with Crippen molar-refractivity contribution in [2.24, 2.45) is 0 Å². The minimum Gasteiger partial charge on any atom is -0.398 e. The van der Waals surface area contributed by atoms with E-state index in [4.69, 9.17) is 17.3 Å². The fraction of sp³-hybridized carbons (Fsp3) is 0.0833. The van der Waals surface area contributed by atoms with E-state index in [0.717, 1.165) is 4.88 Å². The van der Waals surface area contributed by atoms with Gasteiger partial charge in [0.1, 0.15) is 0 Å². The van der Waals surface area contributed by atoms with E-state index < -0.39 is 0 Å². The average Bonchev–Trinajstić information content (AvgIpc) is 2.64. The molecule has 0 unspecified atom stereocenters. The van der Waals surface area contributed by atoms with Gasteiger partial charge >= 0.3 is 0 Å². The van der Waals surface area contributed by atoms with Crippen molar-refractivity contribution in [2.75, 3.05) is 5.73 Å². The molecule has 0 atom stereocenters. The summed E-state index contributed by atoms with van der Waals surface area (Å²) in [6.45, 7) is 0. The van der Waals surface area contributed by atoms with Gasteiger partial charge in [0.25, 0.3) is 0 Å². The Morgan fingerprint density at radius 1 is 1.25 bits per heavy atom. The van der Waals surface area contributed by atoms with E-state index in [0.29, 0.717) is 22.0 Å². The normalized spacial score (nSPS) is 10.3. The number of rotatable bonds is 3. The molecule has 1 aromatic carbocycles. The molecule has 2 rings (SSSR count). The van der Waals surface area contributed by atoms with Crippen LogP contribution in [0.1, 0.15) is 15.2 Å². The van der Waals surface area contributed by atoms with E-state index in [-0.39, 0.29) is 5.78 Å². The lowest BCUT2D eigenvalue weighted by Crippen LogP contribution is -2.05. The Balaban J connectivity index is 2.18. The maximum Gasteiger partial charge on any atom is 0.170 e. The number of para-hydroxylation sites is 1. The number of nitrogen functional groups attached to an aromatic ring is 1. The number of ketones is 1. The Morgan fingerprint density at radius 2 is 2.00 bits per heavy atom. The molecule has 0 saturated carbocycles. The van der Waals surface area contributed by atoms with Gasteiger partial charge in [-0.25, -0.2) is 0 Å². The Hall–Kier alpha value is -1.32. The molecule has 16 heavy (non-hydrogen) atoms. The lowest BCUT2D eigenvalue weighted by molar-refractivity contribution is 0.0994. The topological polar surface area (TPSA) is 43.1 Å². The first-order valence-corrected chi connectivity index (χ1v) is 5.98. The van der Waals surface area contributed by atoms with E-state index >= 15 is 0 Å². The molecule has 2 N–H and O–H groups in total. The fourth-order valence-electron chi connectivity index (χ4n) is 1.45. The van der Waals surface area contributed by atoms with Crippen LogP contribution in [0.4, 0.5) is 5.69 Å². The van der Waals surface area contributed by atoms with Crippen molar-refractivity contribution < 1.29 is 4.79 Å². The van der Waals surface area contributed by atoms with Crippen LogP contribution < -0.4 is 5.73 Å². The molecule has 0 saturated heterocycles. The Labute approximate surface area is 103 Å². The van der Waals surface area contributed by atoms with Gasteiger partial charge in [-0.05, 0) is 24.3 Å². The van der Waals surface area contributed by atoms with Crippen molar-refractivity contribution in [1.29, 1.82) is 0 Å². The van der Waals surface area contributed by atoms with Crippen LogP contribution in [-0.4, -0.2) is 5.78 Å². The van der Waals surface area contributed by atoms with Crippen molar-refractivity contribution in [1.82, 2.24) is 0 Å². The van der Waals surface area contributed by atoms with Gasteiger partial charge in [-0.3, -0.25) is 4.79 Å². The number of nitrogens with two attached hydrogens (primary N) is 1. The SMILES string of the molecule is Nc1ccccc1C(=O)Cc1ccc(Cl)s1. The van der Waals surface area contributed by atoms with Gasteiger partial charge in [0, 0.05) is 22.5 Å². The summed E-state index contributed by atoms with van der Waals surface area (Å²) in [5.41, 5.74) is 6.84. The molecular weight excluding hydrogens is 242 g/mol. The average molecular weight is 252 g/mol. The first kappa shape index (κ1) is 11.2. The summed E-state index contributed by atoms with van der Waals surface area (Å²) in [5.74, 6) is 0.0246. The summed E-state index contributed by atoms with van der Waals surface area (Å²) in [4.78, 5) is 12.9. The number of carbonyl (C=O) groups is 1. The number of hydrogen-bond acceptors (Lipinski definition) is 3. The highest BCUT2D eigenvalue weighted by Gasteiger charge is 2.10. The first-order valence-electron chi connectivity index (χ1n) is 4.79. The van der Waals surface area contributed by atoms with Crippen LogP contribution >= 0.6 is 22.9 Å². The van der Waals surface area contributed by atoms with E-state index in [1.54, 1.807) is 18.2 Å². The molecule has 0 bridgehead atoms. The summed E-state index contributed by atoms with van der Waals surface area (Å²) >= 11 is 7.22. The molecule has 1 heterocycles. The van der Waals surface area contributed by atoms with Gasteiger partial charge < -0.3 is 5.73 Å². The second kappa shape index (κ2) is 4.68. The molecule has 0 spiro atoms. The highest BCUT2D eigenvalue weighted by atomic mass is 35.5. The van der Waals surface area contributed by atoms with E-state index in [1.165, 1.54) is 11.3 Å². The molecule has 0 amide bonds. The zero-order valence-electron chi connectivity index (χ0n) is 8.44. The summed E-state index contributed by atoms with van der Waals surface area (Å²) in [5, 5.41) is 0. The molecule has 0 aliphatic carbocycles. The minimum absolute atomic E-state index is 0.0246. The number of carbonyl (C=O) groups excluding carboxylic acids is 1. The molecule has 2 aromatic rings. The Morgan fingerprint density at radius 3 is 2.62 bits per heavy atom. The molecule has 2 nitrogen and oxygen atoms in total. The minimum atomic E-state index is 0.0246. The van der Waals surface area contributed by atoms with E-state index in [1.807, 2.05) is 18.2 Å². The van der Waals surface area contributed by atoms with Crippen LogP contribution in [0.15, 0.2) is 36.4 Å². The highest BCUT2D eigenvalue weighted by Crippen LogP contribution is 2.23. The summed E-state index contributed by atoms with van der Waals surface area (Å²) in [6.07, 6.45) is 0.353. The molecular formula is C12H10ClNOS. The van der Waals surface area contributed by atoms with Gasteiger partial charge in [0.15, 0.2) is 5.78 Å². The van der Waals surface area contributed by atoms with Crippen LogP contribution in [0.25, 0.3) is 0 Å². The van der Waals surface area contributed by atoms with Gasteiger partial charge in [-0.1, -0.05) is 23.7 Å². The van der Waals surface area contributed by atoms with Crippen molar-refractivity contribution >= 4 is 34.4 Å². The number of thiophene rings is 1. The molecule has 0 fully saturated rings. The zero-order chi connectivity index (χ0) is 11.5. The standard InChI is InChI=1S/C12H10ClNOS/c13-12-6-5-8(16-12)7-11(15)9-3-1-2-4-10(9)14/h1-6H,7,14H2. The van der Waals surface area contributed by atoms with Gasteiger partial charge in [0.05, 0.1) is 4.34 Å². The van der Waals surface area contributed by atoms with E-state index in [2.05, 4.69) is 0 Å². The van der Waals surface area contributed by atoms with Gasteiger partial charge in [0.2, 0.25) is 0 Å². The molecule has 0 radical (unpaired) electrons. The molecule has 1 aromatic heterocycles. The number of anilines is 1. The summed E-state index contributed by atoms with van der Waals surface area (Å²) < 4.78 is 0.698. The van der Waals surface area contributed by atoms with Gasteiger partial charge in [-0.15, -0.1) is 11.3 Å². The van der Waals surface area contributed by atoms with Crippen LogP contribution in [0.2, 0.25) is 4.34 Å². The van der Waals surface area contributed by atoms with Crippen molar-refractivity contribution in [3.05, 3.63) is 51.2 Å².